The van der Waals surface area contributed by atoms with Gasteiger partial charge in [0.25, 0.3) is 0 Å². The average molecular weight is 273 g/mol. The van der Waals surface area contributed by atoms with Gasteiger partial charge in [-0.05, 0) is 50.4 Å². The third-order valence-corrected chi connectivity index (χ3v) is 4.82. The van der Waals surface area contributed by atoms with Crippen molar-refractivity contribution < 1.29 is 4.79 Å². The fourth-order valence-electron chi connectivity index (χ4n) is 3.55. The molecule has 0 aromatic heterocycles. The molecule has 2 aliphatic heterocycles. The number of nitrogens with zero attached hydrogens (tertiary/aromatic N) is 1. The zero-order valence-electron chi connectivity index (χ0n) is 12.2. The lowest BCUT2D eigenvalue weighted by molar-refractivity contribution is -0.117. The van der Waals surface area contributed by atoms with Crippen molar-refractivity contribution in [1.29, 1.82) is 0 Å². The number of carbonyl (C=O) groups excluding carboxylic acids is 1. The number of hydrogen-bond donors (Lipinski definition) is 2. The van der Waals surface area contributed by atoms with Gasteiger partial charge >= 0.3 is 0 Å². The van der Waals surface area contributed by atoms with Crippen LogP contribution in [-0.4, -0.2) is 43.0 Å². The second-order valence-corrected chi connectivity index (χ2v) is 6.12. The number of carbonyl (C=O) groups is 1. The molecule has 3 atom stereocenters. The molecule has 20 heavy (non-hydrogen) atoms. The van der Waals surface area contributed by atoms with E-state index in [4.69, 9.17) is 0 Å². The summed E-state index contributed by atoms with van der Waals surface area (Å²) in [6.45, 7) is 8.01. The summed E-state index contributed by atoms with van der Waals surface area (Å²) >= 11 is 0. The molecule has 2 saturated heterocycles. The molecule has 2 aliphatic rings. The van der Waals surface area contributed by atoms with E-state index < -0.39 is 0 Å². The maximum atomic E-state index is 12.2. The molecule has 0 saturated carbocycles. The van der Waals surface area contributed by atoms with Crippen molar-refractivity contribution in [3.05, 3.63) is 29.8 Å². The Balaban J connectivity index is 1.59. The number of anilines is 1. The minimum atomic E-state index is 0.0964. The molecule has 4 heteroatoms. The molecule has 108 valence electrons. The van der Waals surface area contributed by atoms with Crippen LogP contribution in [0.25, 0.3) is 0 Å². The third kappa shape index (κ3) is 2.58. The van der Waals surface area contributed by atoms with E-state index in [1.165, 1.54) is 0 Å². The Morgan fingerprint density at radius 3 is 2.95 bits per heavy atom. The minimum Gasteiger partial charge on any atom is -0.325 e. The summed E-state index contributed by atoms with van der Waals surface area (Å²) in [6, 6.07) is 8.42. The van der Waals surface area contributed by atoms with Gasteiger partial charge in [-0.3, -0.25) is 9.69 Å². The molecule has 1 aromatic carbocycles. The number of para-hydroxylation sites is 1. The Hall–Kier alpha value is -1.39. The highest BCUT2D eigenvalue weighted by Crippen LogP contribution is 2.31. The first-order valence-electron chi connectivity index (χ1n) is 7.45. The van der Waals surface area contributed by atoms with E-state index in [0.717, 1.165) is 36.8 Å². The number of fused-ring (bicyclic) bond motifs is 1. The summed E-state index contributed by atoms with van der Waals surface area (Å²) in [6.07, 6.45) is 0. The predicted octanol–water partition coefficient (Wildman–Crippen LogP) is 1.47. The van der Waals surface area contributed by atoms with Crippen LogP contribution in [0.3, 0.4) is 0 Å². The third-order valence-electron chi connectivity index (χ3n) is 4.82. The first-order chi connectivity index (χ1) is 9.65. The molecular weight excluding hydrogens is 250 g/mol. The highest BCUT2D eigenvalue weighted by molar-refractivity contribution is 5.93. The van der Waals surface area contributed by atoms with Gasteiger partial charge in [0.15, 0.2) is 0 Å². The Morgan fingerprint density at radius 1 is 1.40 bits per heavy atom. The fourth-order valence-corrected chi connectivity index (χ4v) is 3.55. The monoisotopic (exact) mass is 273 g/mol. The molecule has 3 unspecified atom stereocenters. The summed E-state index contributed by atoms with van der Waals surface area (Å²) in [5.41, 5.74) is 2.03. The van der Waals surface area contributed by atoms with Crippen molar-refractivity contribution in [3.8, 4) is 0 Å². The smallest absolute Gasteiger partial charge is 0.238 e. The Bertz CT molecular complexity index is 502. The van der Waals surface area contributed by atoms with Gasteiger partial charge in [-0.15, -0.1) is 0 Å². The van der Waals surface area contributed by atoms with Crippen molar-refractivity contribution in [2.24, 2.45) is 11.8 Å². The Labute approximate surface area is 120 Å². The number of benzene rings is 1. The molecule has 0 radical (unpaired) electrons. The van der Waals surface area contributed by atoms with Crippen molar-refractivity contribution in [2.75, 3.05) is 31.5 Å². The summed E-state index contributed by atoms with van der Waals surface area (Å²) in [7, 11) is 0. The second kappa shape index (κ2) is 5.54. The molecule has 2 heterocycles. The van der Waals surface area contributed by atoms with E-state index in [-0.39, 0.29) is 5.91 Å². The van der Waals surface area contributed by atoms with E-state index in [1.54, 1.807) is 0 Å². The number of likely N-dealkylation sites (tertiary alicyclic amines) is 1. The van der Waals surface area contributed by atoms with Crippen LogP contribution in [0.5, 0.6) is 0 Å². The summed E-state index contributed by atoms with van der Waals surface area (Å²) in [4.78, 5) is 14.5. The van der Waals surface area contributed by atoms with Crippen molar-refractivity contribution in [1.82, 2.24) is 10.2 Å². The van der Waals surface area contributed by atoms with Crippen molar-refractivity contribution in [3.63, 3.8) is 0 Å². The lowest BCUT2D eigenvalue weighted by Crippen LogP contribution is -2.38. The van der Waals surface area contributed by atoms with Gasteiger partial charge in [-0.1, -0.05) is 18.2 Å². The van der Waals surface area contributed by atoms with Gasteiger partial charge < -0.3 is 10.6 Å². The normalized spacial score (nSPS) is 29.4. The van der Waals surface area contributed by atoms with Gasteiger partial charge in [0.05, 0.1) is 6.54 Å². The minimum absolute atomic E-state index is 0.0964. The number of aryl methyl sites for hydroxylation is 1. The van der Waals surface area contributed by atoms with E-state index in [1.807, 2.05) is 31.2 Å². The van der Waals surface area contributed by atoms with Crippen LogP contribution < -0.4 is 10.6 Å². The van der Waals surface area contributed by atoms with Gasteiger partial charge in [-0.2, -0.15) is 0 Å². The molecule has 2 fully saturated rings. The highest BCUT2D eigenvalue weighted by atomic mass is 16.2. The number of rotatable bonds is 3. The van der Waals surface area contributed by atoms with Gasteiger partial charge in [0, 0.05) is 18.3 Å². The molecular formula is C16H23N3O. The van der Waals surface area contributed by atoms with Gasteiger partial charge in [0.2, 0.25) is 5.91 Å². The maximum Gasteiger partial charge on any atom is 0.238 e. The van der Waals surface area contributed by atoms with Gasteiger partial charge in [0.1, 0.15) is 0 Å². The van der Waals surface area contributed by atoms with Crippen LogP contribution in [0.1, 0.15) is 12.5 Å². The lowest BCUT2D eigenvalue weighted by Gasteiger charge is -2.23. The molecule has 2 N–H and O–H groups in total. The van der Waals surface area contributed by atoms with Crippen LogP contribution in [0.15, 0.2) is 24.3 Å². The molecule has 1 aromatic rings. The summed E-state index contributed by atoms with van der Waals surface area (Å²) in [5, 5.41) is 6.48. The van der Waals surface area contributed by atoms with Gasteiger partial charge in [-0.25, -0.2) is 0 Å². The summed E-state index contributed by atoms with van der Waals surface area (Å²) < 4.78 is 0. The van der Waals surface area contributed by atoms with Crippen LogP contribution >= 0.6 is 0 Å². The van der Waals surface area contributed by atoms with E-state index in [2.05, 4.69) is 22.5 Å². The molecule has 4 nitrogen and oxygen atoms in total. The van der Waals surface area contributed by atoms with Crippen molar-refractivity contribution in [2.45, 2.75) is 19.9 Å². The highest BCUT2D eigenvalue weighted by Gasteiger charge is 2.42. The standard InChI is InChI=1S/C16H23N3O/c1-11-5-3-4-6-15(11)18-16(20)10-19-9-13-7-17-8-14(13)12(19)2/h3-6,12-14,17H,7-10H2,1-2H3,(H,18,20). The predicted molar refractivity (Wildman–Crippen MR) is 80.7 cm³/mol. The van der Waals surface area contributed by atoms with Crippen LogP contribution in [0.4, 0.5) is 5.69 Å². The van der Waals surface area contributed by atoms with Crippen LogP contribution in [-0.2, 0) is 4.79 Å². The lowest BCUT2D eigenvalue weighted by atomic mass is 9.95. The molecule has 0 aliphatic carbocycles. The van der Waals surface area contributed by atoms with Crippen LogP contribution in [0.2, 0.25) is 0 Å². The fraction of sp³-hybridized carbons (Fsp3) is 0.562. The number of hydrogen-bond acceptors (Lipinski definition) is 3. The molecule has 0 bridgehead atoms. The SMILES string of the molecule is Cc1ccccc1NC(=O)CN1CC2CNCC2C1C. The average Bonchev–Trinajstić information content (AvgIpc) is 2.97. The molecule has 3 rings (SSSR count). The largest absolute Gasteiger partial charge is 0.325 e. The second-order valence-electron chi connectivity index (χ2n) is 6.12. The zero-order valence-corrected chi connectivity index (χ0v) is 12.2. The first kappa shape index (κ1) is 13.6. The Kier molecular flexibility index (Phi) is 3.76. The summed E-state index contributed by atoms with van der Waals surface area (Å²) in [5.74, 6) is 1.52. The molecule has 1 amide bonds. The first-order valence-corrected chi connectivity index (χ1v) is 7.45. The van der Waals surface area contributed by atoms with E-state index in [9.17, 15) is 4.79 Å². The number of amides is 1. The van der Waals surface area contributed by atoms with E-state index in [0.29, 0.717) is 18.5 Å². The zero-order chi connectivity index (χ0) is 14.1. The van der Waals surface area contributed by atoms with E-state index >= 15 is 0 Å². The van der Waals surface area contributed by atoms with Crippen LogP contribution in [0, 0.1) is 18.8 Å². The topological polar surface area (TPSA) is 44.4 Å². The van der Waals surface area contributed by atoms with Crippen molar-refractivity contribution >= 4 is 11.6 Å². The Morgan fingerprint density at radius 2 is 2.20 bits per heavy atom. The molecule has 0 spiro atoms. The quantitative estimate of drug-likeness (QED) is 0.876. The maximum absolute atomic E-state index is 12.2. The number of nitrogens with one attached hydrogen (secondary N) is 2.